The van der Waals surface area contributed by atoms with Crippen molar-refractivity contribution in [1.82, 2.24) is 9.97 Å². The van der Waals surface area contributed by atoms with Gasteiger partial charge in [0.05, 0.1) is 4.88 Å². The van der Waals surface area contributed by atoms with Crippen molar-refractivity contribution in [2.45, 2.75) is 39.7 Å². The van der Waals surface area contributed by atoms with Gasteiger partial charge in [0.1, 0.15) is 6.61 Å². The lowest BCUT2D eigenvalue weighted by atomic mass is 10.1. The third-order valence-corrected chi connectivity index (χ3v) is 5.36. The second kappa shape index (κ2) is 9.28. The second-order valence-corrected chi connectivity index (χ2v) is 7.25. The van der Waals surface area contributed by atoms with Crippen LogP contribution in [-0.4, -0.2) is 15.9 Å². The Bertz CT molecular complexity index is 893. The molecule has 0 spiro atoms. The Balaban J connectivity index is 1.73. The van der Waals surface area contributed by atoms with Crippen molar-refractivity contribution in [3.05, 3.63) is 69.8 Å². The number of aryl methyl sites for hydroxylation is 2. The van der Waals surface area contributed by atoms with Crippen LogP contribution in [0.2, 0.25) is 0 Å². The number of thiophene rings is 1. The van der Waals surface area contributed by atoms with Crippen LogP contribution in [0, 0.1) is 0 Å². The maximum absolute atomic E-state index is 12.7. The van der Waals surface area contributed by atoms with E-state index >= 15 is 0 Å². The zero-order valence-electron chi connectivity index (χ0n) is 15.6. The number of nitrogens with zero attached hydrogens (tertiary/aromatic N) is 2. The van der Waals surface area contributed by atoms with Crippen molar-refractivity contribution in [2.75, 3.05) is 5.32 Å². The highest BCUT2D eigenvalue weighted by atomic mass is 32.1. The first kappa shape index (κ1) is 19.0. The van der Waals surface area contributed by atoms with Crippen LogP contribution in [-0.2, 0) is 19.4 Å². The van der Waals surface area contributed by atoms with E-state index in [1.54, 1.807) is 42.1 Å². The summed E-state index contributed by atoms with van der Waals surface area (Å²) in [4.78, 5) is 23.0. The molecule has 5 nitrogen and oxygen atoms in total. The van der Waals surface area contributed by atoms with Crippen LogP contribution in [0.1, 0.15) is 45.9 Å². The fourth-order valence-electron chi connectivity index (χ4n) is 2.73. The van der Waals surface area contributed by atoms with Gasteiger partial charge >= 0.3 is 0 Å². The molecule has 0 saturated carbocycles. The van der Waals surface area contributed by atoms with Crippen molar-refractivity contribution >= 4 is 23.1 Å². The minimum absolute atomic E-state index is 0.149. The largest absolute Gasteiger partial charge is 0.485 e. The maximum Gasteiger partial charge on any atom is 0.267 e. The molecule has 0 radical (unpaired) electrons. The minimum Gasteiger partial charge on any atom is -0.485 e. The summed E-state index contributed by atoms with van der Waals surface area (Å²) >= 11 is 1.56. The Morgan fingerprint density at radius 2 is 2.00 bits per heavy atom. The SMILES string of the molecule is CCCc1sc(C(=O)Nc2ncccc2OCc2ccncc2)cc1CC. The van der Waals surface area contributed by atoms with Crippen LogP contribution in [0.25, 0.3) is 0 Å². The summed E-state index contributed by atoms with van der Waals surface area (Å²) in [7, 11) is 0. The van der Waals surface area contributed by atoms with Crippen molar-refractivity contribution in [3.63, 3.8) is 0 Å². The number of anilines is 1. The van der Waals surface area contributed by atoms with Crippen LogP contribution in [0.3, 0.4) is 0 Å². The monoisotopic (exact) mass is 381 g/mol. The Kier molecular flexibility index (Phi) is 6.54. The fourth-order valence-corrected chi connectivity index (χ4v) is 3.98. The van der Waals surface area contributed by atoms with E-state index in [0.717, 1.165) is 24.8 Å². The van der Waals surface area contributed by atoms with Crippen molar-refractivity contribution in [2.24, 2.45) is 0 Å². The third-order valence-electron chi connectivity index (χ3n) is 4.12. The molecule has 1 amide bonds. The molecule has 0 aliphatic rings. The molecule has 27 heavy (non-hydrogen) atoms. The summed E-state index contributed by atoms with van der Waals surface area (Å²) in [6, 6.07) is 9.37. The molecule has 0 aliphatic carbocycles. The molecular weight excluding hydrogens is 358 g/mol. The fraction of sp³-hybridized carbons (Fsp3) is 0.286. The van der Waals surface area contributed by atoms with Gasteiger partial charge in [-0.1, -0.05) is 20.3 Å². The van der Waals surface area contributed by atoms with E-state index in [4.69, 9.17) is 4.74 Å². The lowest BCUT2D eigenvalue weighted by molar-refractivity contribution is 0.102. The number of hydrogen-bond donors (Lipinski definition) is 1. The number of carbonyl (C=O) groups excluding carboxylic acids is 1. The molecule has 0 saturated heterocycles. The smallest absolute Gasteiger partial charge is 0.267 e. The molecule has 6 heteroatoms. The van der Waals surface area contributed by atoms with Gasteiger partial charge in [0.2, 0.25) is 0 Å². The van der Waals surface area contributed by atoms with Gasteiger partial charge in [-0.25, -0.2) is 4.98 Å². The molecular formula is C21H23N3O2S. The maximum atomic E-state index is 12.7. The average molecular weight is 382 g/mol. The number of carbonyl (C=O) groups is 1. The zero-order chi connectivity index (χ0) is 19.1. The van der Waals surface area contributed by atoms with Crippen LogP contribution in [0.5, 0.6) is 5.75 Å². The van der Waals surface area contributed by atoms with Crippen molar-refractivity contribution in [1.29, 1.82) is 0 Å². The quantitative estimate of drug-likeness (QED) is 0.604. The molecule has 0 unspecified atom stereocenters. The van der Waals surface area contributed by atoms with E-state index in [-0.39, 0.29) is 5.91 Å². The van der Waals surface area contributed by atoms with Crippen molar-refractivity contribution in [3.8, 4) is 5.75 Å². The zero-order valence-corrected chi connectivity index (χ0v) is 16.4. The molecule has 3 heterocycles. The van der Waals surface area contributed by atoms with Gasteiger partial charge in [-0.05, 0) is 54.3 Å². The normalized spacial score (nSPS) is 10.6. The predicted molar refractivity (Wildman–Crippen MR) is 108 cm³/mol. The molecule has 0 bridgehead atoms. The first-order valence-electron chi connectivity index (χ1n) is 9.10. The Labute approximate surface area is 163 Å². The molecule has 0 fully saturated rings. The molecule has 140 valence electrons. The molecule has 3 aromatic rings. The summed E-state index contributed by atoms with van der Waals surface area (Å²) in [5, 5.41) is 2.89. The van der Waals surface area contributed by atoms with E-state index < -0.39 is 0 Å². The number of pyridine rings is 2. The second-order valence-electron chi connectivity index (χ2n) is 6.11. The number of hydrogen-bond acceptors (Lipinski definition) is 5. The molecule has 3 rings (SSSR count). The van der Waals surface area contributed by atoms with Gasteiger partial charge in [-0.3, -0.25) is 9.78 Å². The highest BCUT2D eigenvalue weighted by molar-refractivity contribution is 7.14. The Hall–Kier alpha value is -2.73. The Morgan fingerprint density at radius 3 is 2.74 bits per heavy atom. The number of rotatable bonds is 8. The van der Waals surface area contributed by atoms with E-state index in [2.05, 4.69) is 29.1 Å². The first-order chi connectivity index (χ1) is 13.2. The van der Waals surface area contributed by atoms with Gasteiger partial charge in [-0.15, -0.1) is 11.3 Å². The van der Waals surface area contributed by atoms with Crippen molar-refractivity contribution < 1.29 is 9.53 Å². The van der Waals surface area contributed by atoms with Gasteiger partial charge in [0, 0.05) is 23.5 Å². The average Bonchev–Trinajstić information content (AvgIpc) is 3.11. The summed E-state index contributed by atoms with van der Waals surface area (Å²) in [5.74, 6) is 0.827. The molecule has 0 atom stereocenters. The number of aromatic nitrogens is 2. The highest BCUT2D eigenvalue weighted by Gasteiger charge is 2.16. The van der Waals surface area contributed by atoms with Crippen LogP contribution in [0.15, 0.2) is 48.9 Å². The first-order valence-corrected chi connectivity index (χ1v) is 9.92. The van der Waals surface area contributed by atoms with Gasteiger partial charge in [-0.2, -0.15) is 0 Å². The van der Waals surface area contributed by atoms with Crippen LogP contribution >= 0.6 is 11.3 Å². The van der Waals surface area contributed by atoms with E-state index in [0.29, 0.717) is 23.1 Å². The topological polar surface area (TPSA) is 64.1 Å². The van der Waals surface area contributed by atoms with Crippen LogP contribution in [0.4, 0.5) is 5.82 Å². The Morgan fingerprint density at radius 1 is 1.19 bits per heavy atom. The summed E-state index contributed by atoms with van der Waals surface area (Å²) in [6.07, 6.45) is 8.10. The molecule has 0 aromatic carbocycles. The molecule has 0 aliphatic heterocycles. The van der Waals surface area contributed by atoms with Gasteiger partial charge in [0.15, 0.2) is 11.6 Å². The summed E-state index contributed by atoms with van der Waals surface area (Å²) in [5.41, 5.74) is 2.25. The molecule has 1 N–H and O–H groups in total. The standard InChI is InChI=1S/C21H23N3O2S/c1-3-6-18-16(4-2)13-19(27-18)21(25)24-20-17(7-5-10-23-20)26-14-15-8-11-22-12-9-15/h5,7-13H,3-4,6,14H2,1-2H3,(H,23,24,25). The summed E-state index contributed by atoms with van der Waals surface area (Å²) < 4.78 is 5.85. The van der Waals surface area contributed by atoms with Crippen LogP contribution < -0.4 is 10.1 Å². The highest BCUT2D eigenvalue weighted by Crippen LogP contribution is 2.27. The lowest BCUT2D eigenvalue weighted by Gasteiger charge is -2.11. The number of amides is 1. The predicted octanol–water partition coefficient (Wildman–Crippen LogP) is 4.88. The third kappa shape index (κ3) is 4.92. The van der Waals surface area contributed by atoms with E-state index in [1.165, 1.54) is 10.4 Å². The minimum atomic E-state index is -0.149. The van der Waals surface area contributed by atoms with E-state index in [9.17, 15) is 4.79 Å². The molecule has 3 aromatic heterocycles. The number of ether oxygens (including phenoxy) is 1. The van der Waals surface area contributed by atoms with Gasteiger partial charge in [0.25, 0.3) is 5.91 Å². The summed E-state index contributed by atoms with van der Waals surface area (Å²) in [6.45, 7) is 4.66. The van der Waals surface area contributed by atoms with E-state index in [1.807, 2.05) is 18.2 Å². The van der Waals surface area contributed by atoms with Gasteiger partial charge < -0.3 is 10.1 Å². The number of nitrogens with one attached hydrogen (secondary N) is 1. The lowest BCUT2D eigenvalue weighted by Crippen LogP contribution is -2.12.